The first kappa shape index (κ1) is 29.1. The van der Waals surface area contributed by atoms with Crippen molar-refractivity contribution in [3.63, 3.8) is 0 Å². The minimum Gasteiger partial charge on any atom is -0.475 e. The van der Waals surface area contributed by atoms with Crippen LogP contribution in [0.2, 0.25) is 4.34 Å². The van der Waals surface area contributed by atoms with Crippen LogP contribution in [-0.4, -0.2) is 52.9 Å². The summed E-state index contributed by atoms with van der Waals surface area (Å²) in [7, 11) is 0. The second kappa shape index (κ2) is 12.5. The fourth-order valence-electron chi connectivity index (χ4n) is 4.21. The molecule has 2 aromatic carbocycles. The lowest BCUT2D eigenvalue weighted by molar-refractivity contribution is -0.192. The third kappa shape index (κ3) is 7.39. The summed E-state index contributed by atoms with van der Waals surface area (Å²) in [6, 6.07) is 17.1. The Kier molecular flexibility index (Phi) is 9.10. The molecule has 2 aliphatic heterocycles. The number of aliphatic carboxylic acids is 1. The lowest BCUT2D eigenvalue weighted by Gasteiger charge is -2.18. The van der Waals surface area contributed by atoms with Gasteiger partial charge in [0.2, 0.25) is 0 Å². The largest absolute Gasteiger partial charge is 0.490 e. The normalized spacial score (nSPS) is 14.4. The number of hydrogen-bond acceptors (Lipinski definition) is 6. The molecule has 210 valence electrons. The van der Waals surface area contributed by atoms with Gasteiger partial charge in [0.25, 0.3) is 11.8 Å². The number of benzene rings is 2. The van der Waals surface area contributed by atoms with Gasteiger partial charge in [-0.1, -0.05) is 41.9 Å². The van der Waals surface area contributed by atoms with Gasteiger partial charge in [-0.3, -0.25) is 14.6 Å². The van der Waals surface area contributed by atoms with Gasteiger partial charge in [0.1, 0.15) is 5.84 Å². The van der Waals surface area contributed by atoms with E-state index in [4.69, 9.17) is 21.5 Å². The number of nitrogens with one attached hydrogen (secondary N) is 2. The molecular weight excluding hydrogens is 569 g/mol. The minimum absolute atomic E-state index is 0.0241. The number of halogens is 4. The molecule has 1 aromatic heterocycles. The number of aliphatic imine (C=N–C) groups is 1. The highest BCUT2D eigenvalue weighted by Crippen LogP contribution is 2.31. The topological polar surface area (TPSA) is 111 Å². The van der Waals surface area contributed by atoms with Crippen LogP contribution in [0.1, 0.15) is 43.1 Å². The van der Waals surface area contributed by atoms with Crippen LogP contribution in [-0.2, 0) is 24.3 Å². The van der Waals surface area contributed by atoms with E-state index < -0.39 is 12.1 Å². The van der Waals surface area contributed by atoms with Crippen molar-refractivity contribution in [3.8, 4) is 0 Å². The standard InChI is InChI=1S/C25H23ClN4O2S.C2HF3O2/c26-22-9-8-21(33-22)24(31)29-20-7-2-6-18-19(20)15-30(25(18)32)14-17-5-1-4-16(12-17)13-23-27-10-3-11-28-23;3-2(4,5)1(6)7/h1-2,4-9,12H,3,10-11,13-15H2,(H,27,28)(H,29,31);(H,6,7). The number of amides is 2. The van der Waals surface area contributed by atoms with Crippen molar-refractivity contribution in [2.45, 2.75) is 32.1 Å². The number of carboxylic acids is 1. The number of amidine groups is 1. The van der Waals surface area contributed by atoms with Crippen molar-refractivity contribution in [1.29, 1.82) is 0 Å². The molecule has 0 saturated carbocycles. The molecule has 3 heterocycles. The Morgan fingerprint density at radius 1 is 1.12 bits per heavy atom. The van der Waals surface area contributed by atoms with E-state index in [9.17, 15) is 22.8 Å². The molecule has 0 atom stereocenters. The number of anilines is 1. The molecule has 0 bridgehead atoms. The van der Waals surface area contributed by atoms with E-state index >= 15 is 0 Å². The third-order valence-electron chi connectivity index (χ3n) is 6.03. The van der Waals surface area contributed by atoms with Crippen LogP contribution in [0.4, 0.5) is 18.9 Å². The number of rotatable bonds is 6. The molecule has 3 aromatic rings. The first-order valence-electron chi connectivity index (χ1n) is 12.1. The maximum Gasteiger partial charge on any atom is 0.490 e. The quantitative estimate of drug-likeness (QED) is 0.356. The van der Waals surface area contributed by atoms with Gasteiger partial charge in [-0.15, -0.1) is 11.3 Å². The van der Waals surface area contributed by atoms with Crippen molar-refractivity contribution >= 4 is 52.2 Å². The zero-order chi connectivity index (χ0) is 28.9. The minimum atomic E-state index is -5.08. The SMILES string of the molecule is O=C(Nc1cccc2c1CN(Cc1cccc(CC3=NCCCN3)c1)C2=O)c1ccc(Cl)s1.O=C(O)C(F)(F)F. The molecule has 3 N–H and O–H groups in total. The number of carbonyl (C=O) groups is 3. The number of carbonyl (C=O) groups excluding carboxylic acids is 2. The average Bonchev–Trinajstić information content (AvgIpc) is 3.49. The van der Waals surface area contributed by atoms with E-state index in [0.717, 1.165) is 42.9 Å². The fraction of sp³-hybridized carbons (Fsp3) is 0.259. The molecule has 5 rings (SSSR count). The molecule has 0 aliphatic carbocycles. The molecule has 2 amide bonds. The number of alkyl halides is 3. The smallest absolute Gasteiger partial charge is 0.475 e. The zero-order valence-corrected chi connectivity index (χ0v) is 22.5. The molecule has 40 heavy (non-hydrogen) atoms. The summed E-state index contributed by atoms with van der Waals surface area (Å²) < 4.78 is 32.3. The summed E-state index contributed by atoms with van der Waals surface area (Å²) in [5.74, 6) is -1.98. The number of thiophene rings is 1. The Labute approximate surface area is 236 Å². The summed E-state index contributed by atoms with van der Waals surface area (Å²) in [5, 5.41) is 13.4. The molecule has 2 aliphatic rings. The van der Waals surface area contributed by atoms with E-state index in [1.54, 1.807) is 18.2 Å². The Hall–Kier alpha value is -3.90. The summed E-state index contributed by atoms with van der Waals surface area (Å²) in [4.78, 5) is 41.5. The predicted molar refractivity (Wildman–Crippen MR) is 146 cm³/mol. The molecule has 0 fully saturated rings. The maximum atomic E-state index is 13.1. The predicted octanol–water partition coefficient (Wildman–Crippen LogP) is 5.38. The highest BCUT2D eigenvalue weighted by atomic mass is 35.5. The first-order chi connectivity index (χ1) is 19.0. The van der Waals surface area contributed by atoms with Gasteiger partial charge < -0.3 is 20.6 Å². The van der Waals surface area contributed by atoms with Gasteiger partial charge in [0.05, 0.1) is 9.21 Å². The Morgan fingerprint density at radius 2 is 1.85 bits per heavy atom. The third-order valence-corrected chi connectivity index (χ3v) is 7.26. The Balaban J connectivity index is 0.000000470. The molecular formula is C27H24ClF3N4O4S. The van der Waals surface area contributed by atoms with Gasteiger partial charge in [-0.25, -0.2) is 4.79 Å². The number of hydrogen-bond donors (Lipinski definition) is 3. The summed E-state index contributed by atoms with van der Waals surface area (Å²) >= 11 is 7.19. The van der Waals surface area contributed by atoms with Gasteiger partial charge in [-0.2, -0.15) is 13.2 Å². The molecule has 8 nitrogen and oxygen atoms in total. The van der Waals surface area contributed by atoms with Gasteiger partial charge in [-0.05, 0) is 41.8 Å². The Morgan fingerprint density at radius 3 is 2.50 bits per heavy atom. The summed E-state index contributed by atoms with van der Waals surface area (Å²) in [5.41, 5.74) is 4.38. The van der Waals surface area contributed by atoms with Gasteiger partial charge >= 0.3 is 12.1 Å². The first-order valence-corrected chi connectivity index (χ1v) is 13.3. The molecule has 0 unspecified atom stereocenters. The highest BCUT2D eigenvalue weighted by molar-refractivity contribution is 7.18. The van der Waals surface area contributed by atoms with Crippen LogP contribution in [0.15, 0.2) is 59.6 Å². The molecule has 0 spiro atoms. The van der Waals surface area contributed by atoms with Crippen molar-refractivity contribution < 1.29 is 32.7 Å². The van der Waals surface area contributed by atoms with Crippen LogP contribution in [0.3, 0.4) is 0 Å². The fourth-order valence-corrected chi connectivity index (χ4v) is 5.15. The average molecular weight is 593 g/mol. The van der Waals surface area contributed by atoms with Crippen molar-refractivity contribution in [1.82, 2.24) is 10.2 Å². The zero-order valence-electron chi connectivity index (χ0n) is 20.9. The Bertz CT molecular complexity index is 1460. The van der Waals surface area contributed by atoms with Crippen molar-refractivity contribution in [2.75, 3.05) is 18.4 Å². The van der Waals surface area contributed by atoms with Crippen molar-refractivity contribution in [3.05, 3.63) is 86.1 Å². The number of fused-ring (bicyclic) bond motifs is 1. The van der Waals surface area contributed by atoms with Crippen LogP contribution in [0.25, 0.3) is 0 Å². The molecule has 0 radical (unpaired) electrons. The van der Waals surface area contributed by atoms with Crippen LogP contribution in [0.5, 0.6) is 0 Å². The van der Waals surface area contributed by atoms with E-state index in [1.165, 1.54) is 16.9 Å². The van der Waals surface area contributed by atoms with Crippen LogP contribution < -0.4 is 10.6 Å². The second-order valence-corrected chi connectivity index (χ2v) is 10.7. The van der Waals surface area contributed by atoms with E-state index in [-0.39, 0.29) is 11.8 Å². The van der Waals surface area contributed by atoms with Crippen LogP contribution >= 0.6 is 22.9 Å². The van der Waals surface area contributed by atoms with Crippen molar-refractivity contribution in [2.24, 2.45) is 4.99 Å². The molecule has 13 heteroatoms. The summed E-state index contributed by atoms with van der Waals surface area (Å²) in [6.07, 6.45) is -3.24. The number of carboxylic acid groups (broad SMARTS) is 1. The highest BCUT2D eigenvalue weighted by Gasteiger charge is 2.38. The monoisotopic (exact) mass is 592 g/mol. The maximum absolute atomic E-state index is 13.1. The van der Waals surface area contributed by atoms with E-state index in [1.807, 2.05) is 29.2 Å². The summed E-state index contributed by atoms with van der Waals surface area (Å²) in [6.45, 7) is 2.81. The van der Waals surface area contributed by atoms with E-state index in [0.29, 0.717) is 33.6 Å². The van der Waals surface area contributed by atoms with Gasteiger partial charge in [0, 0.05) is 49.4 Å². The lowest BCUT2D eigenvalue weighted by Crippen LogP contribution is -2.31. The lowest BCUT2D eigenvalue weighted by atomic mass is 10.1. The van der Waals surface area contributed by atoms with Crippen LogP contribution in [0, 0.1) is 0 Å². The second-order valence-electron chi connectivity index (χ2n) is 8.96. The van der Waals surface area contributed by atoms with Gasteiger partial charge in [0.15, 0.2) is 0 Å². The number of nitrogens with zero attached hydrogens (tertiary/aromatic N) is 2. The van der Waals surface area contributed by atoms with E-state index in [2.05, 4.69) is 27.8 Å². The molecule has 0 saturated heterocycles.